The number of carboxylic acids is 1. The predicted molar refractivity (Wildman–Crippen MR) is 481 cm³/mol. The average molecular weight is 1640 g/mol. The van der Waals surface area contributed by atoms with Gasteiger partial charge in [0.2, 0.25) is 5.88 Å². The summed E-state index contributed by atoms with van der Waals surface area (Å²) in [7, 11) is 1.57. The topological polar surface area (TPSA) is 329 Å². The van der Waals surface area contributed by atoms with Crippen molar-refractivity contribution in [1.82, 2.24) is 9.97 Å². The molecule has 20 heteroatoms. The summed E-state index contributed by atoms with van der Waals surface area (Å²) in [4.78, 5) is 86.0. The van der Waals surface area contributed by atoms with E-state index in [2.05, 4.69) is 27.5 Å². The second-order valence-corrected chi connectivity index (χ2v) is 28.9. The van der Waals surface area contributed by atoms with Crippen molar-refractivity contribution >= 4 is 130 Å². The molecule has 4 aromatic heterocycles. The van der Waals surface area contributed by atoms with Crippen LogP contribution in [0.5, 0.6) is 40.4 Å². The van der Waals surface area contributed by atoms with Crippen LogP contribution in [0.1, 0.15) is 78.1 Å². The van der Waals surface area contributed by atoms with Crippen molar-refractivity contribution in [3.05, 3.63) is 365 Å². The van der Waals surface area contributed by atoms with E-state index < -0.39 is 5.97 Å². The van der Waals surface area contributed by atoms with Crippen LogP contribution < -0.4 is 4.74 Å². The molecule has 0 aliphatic heterocycles. The van der Waals surface area contributed by atoms with Gasteiger partial charge in [0.15, 0.2) is 37.7 Å². The van der Waals surface area contributed by atoms with Crippen LogP contribution in [-0.4, -0.2) is 102 Å². The Labute approximate surface area is 706 Å². The second kappa shape index (κ2) is 37.8. The number of rotatable bonds is 15. The minimum Gasteiger partial charge on any atom is -0.507 e. The molecule has 0 fully saturated rings. The molecule has 19 aromatic rings. The molecule has 19 nitrogen and oxygen atoms in total. The monoisotopic (exact) mass is 1640 g/mol. The predicted octanol–water partition coefficient (Wildman–Crippen LogP) is 22.9. The van der Waals surface area contributed by atoms with Gasteiger partial charge in [-0.15, -0.1) is 0 Å². The Hall–Kier alpha value is -16.6. The van der Waals surface area contributed by atoms with Crippen molar-refractivity contribution in [2.45, 2.75) is 6.61 Å². The van der Waals surface area contributed by atoms with Crippen LogP contribution in [0, 0.1) is 0 Å². The van der Waals surface area contributed by atoms with Crippen molar-refractivity contribution in [3.63, 3.8) is 0 Å². The number of thiophene rings is 1. The van der Waals surface area contributed by atoms with E-state index in [1.807, 2.05) is 188 Å². The second-order valence-electron chi connectivity index (χ2n) is 28.1. The molecule has 0 saturated carbocycles. The number of fused-ring (bicyclic) bond motifs is 7. The number of hydrogen-bond acceptors (Lipinski definition) is 19. The van der Waals surface area contributed by atoms with Crippen LogP contribution >= 0.6 is 11.3 Å². The molecule has 0 unspecified atom stereocenters. The maximum absolute atomic E-state index is 11.2. The number of aldehydes is 6. The van der Waals surface area contributed by atoms with E-state index in [0.29, 0.717) is 76.8 Å². The van der Waals surface area contributed by atoms with Gasteiger partial charge in [-0.25, -0.2) is 9.78 Å². The number of aromatic nitrogens is 2. The third kappa shape index (κ3) is 18.3. The number of carbonyl (C=O) groups excluding carboxylic acids is 6. The highest BCUT2D eigenvalue weighted by atomic mass is 32.1. The highest BCUT2D eigenvalue weighted by molar-refractivity contribution is 7.08. The number of carboxylic acid groups (broad SMARTS) is 1. The Kier molecular flexibility index (Phi) is 25.5. The Morgan fingerprint density at radius 2 is 0.732 bits per heavy atom. The van der Waals surface area contributed by atoms with E-state index in [0.717, 1.165) is 137 Å². The average Bonchev–Trinajstić information content (AvgIpc) is 1.41. The number of hydrogen-bond donors (Lipinski definition) is 8. The first kappa shape index (κ1) is 83.0. The summed E-state index contributed by atoms with van der Waals surface area (Å²) in [6.07, 6.45) is 12.8. The van der Waals surface area contributed by atoms with Gasteiger partial charge in [0, 0.05) is 46.7 Å². The molecule has 15 aromatic carbocycles. The Balaban J connectivity index is 0.000000121. The fourth-order valence-electron chi connectivity index (χ4n) is 14.4. The lowest BCUT2D eigenvalue weighted by Crippen LogP contribution is -1.95. The smallest absolute Gasteiger partial charge is 0.335 e. The zero-order valence-electron chi connectivity index (χ0n) is 65.3. The zero-order valence-corrected chi connectivity index (χ0v) is 66.1. The minimum atomic E-state index is -0.976. The van der Waals surface area contributed by atoms with Crippen LogP contribution in [0.2, 0.25) is 0 Å². The van der Waals surface area contributed by atoms with E-state index in [1.54, 1.807) is 104 Å². The lowest BCUT2D eigenvalue weighted by molar-refractivity contribution is 0.0695. The van der Waals surface area contributed by atoms with Gasteiger partial charge in [-0.05, 0) is 240 Å². The summed E-state index contributed by atoms with van der Waals surface area (Å²) < 4.78 is 10.1. The van der Waals surface area contributed by atoms with E-state index >= 15 is 0 Å². The summed E-state index contributed by atoms with van der Waals surface area (Å²) in [6, 6.07) is 84.3. The molecule has 8 N–H and O–H groups in total. The van der Waals surface area contributed by atoms with Gasteiger partial charge in [0.1, 0.15) is 34.5 Å². The van der Waals surface area contributed by atoms with Crippen molar-refractivity contribution in [2.24, 2.45) is 0 Å². The molecule has 0 amide bonds. The van der Waals surface area contributed by atoms with Crippen molar-refractivity contribution in [1.29, 1.82) is 0 Å². The van der Waals surface area contributed by atoms with E-state index in [1.165, 1.54) is 35.9 Å². The van der Waals surface area contributed by atoms with Gasteiger partial charge in [0.25, 0.3) is 0 Å². The van der Waals surface area contributed by atoms with Gasteiger partial charge in [-0.2, -0.15) is 11.3 Å². The Morgan fingerprint density at radius 1 is 0.350 bits per heavy atom. The first-order valence-corrected chi connectivity index (χ1v) is 39.0. The number of aromatic carboxylic acids is 1. The molecule has 19 rings (SSSR count). The maximum Gasteiger partial charge on any atom is 0.335 e. The number of aromatic hydroxyl groups is 6. The van der Waals surface area contributed by atoms with Gasteiger partial charge in [-0.1, -0.05) is 170 Å². The summed E-state index contributed by atoms with van der Waals surface area (Å²) in [5, 5.41) is 92.4. The zero-order chi connectivity index (χ0) is 86.2. The van der Waals surface area contributed by atoms with Gasteiger partial charge in [-0.3, -0.25) is 33.8 Å². The molecule has 0 saturated heterocycles. The van der Waals surface area contributed by atoms with E-state index in [-0.39, 0.29) is 52.2 Å². The molecule has 0 atom stereocenters. The third-order valence-corrected chi connectivity index (χ3v) is 21.5. The lowest BCUT2D eigenvalue weighted by Gasteiger charge is -2.09. The molecule has 0 radical (unpaired) electrons. The van der Waals surface area contributed by atoms with Gasteiger partial charge in [0.05, 0.1) is 65.2 Å². The van der Waals surface area contributed by atoms with Crippen LogP contribution in [0.25, 0.3) is 142 Å². The summed E-state index contributed by atoms with van der Waals surface area (Å²) in [5.41, 5.74) is 15.0. The standard InChI is InChI=1S/C20H13NO2.C18H12O4.C18H14O3.C17H13NO3.C15H10O3.C15H10O2S/c22-12-19-17-7-5-14(9-13(17)6-8-20(19)23)18-11-21-10-15-3-1-2-4-16(15)18;19-10-16-15-6-4-12(8-13(15)5-7-17(16)20)11-2-1-3-14(9-11)18(21)22;19-10-12-1-3-13(4-2-12)14-5-7-16-15(9-14)6-8-18(21)17(16)11-20;1-21-17-7-4-13(9-18-17)11-2-5-14-12(8-11)3-6-16(20)15(14)10-19;2*16-8-14-13-3-1-10(12-5-6-18-9-12)7-11(13)2-4-15(14)17/h1-12,23H;1-10,20H,(H,21,22);1-9,11,19,21H,10H2;2-10,20H,1H3;2*1-9,17H. The van der Waals surface area contributed by atoms with Crippen LogP contribution in [-0.2, 0) is 6.61 Å². The Bertz CT molecular complexity index is 6940. The fourth-order valence-corrected chi connectivity index (χ4v) is 15.0. The lowest BCUT2D eigenvalue weighted by atomic mass is 9.96. The molecule has 123 heavy (non-hydrogen) atoms. The number of benzene rings is 15. The largest absolute Gasteiger partial charge is 0.507 e. The number of carbonyl (C=O) groups is 7. The number of nitrogens with zero attached hydrogens (tertiary/aromatic N) is 2. The van der Waals surface area contributed by atoms with E-state index in [4.69, 9.17) is 19.4 Å². The molecular formula is C103H72N2O17S. The minimum absolute atomic E-state index is 0.00227. The maximum atomic E-state index is 11.2. The summed E-state index contributed by atoms with van der Waals surface area (Å²) in [5.74, 6) is -0.429. The van der Waals surface area contributed by atoms with Gasteiger partial charge >= 0.3 is 5.97 Å². The molecule has 0 aliphatic carbocycles. The number of phenols is 6. The molecule has 0 bridgehead atoms. The SMILES string of the molecule is COc1ccc(-c2ccc3c(C=O)c(O)ccc3c2)cn1.O=Cc1c(O)ccc2cc(-c3ccc(CO)cc3)ccc12.O=Cc1c(O)ccc2cc(-c3cccc(C(=O)O)c3)ccc12.O=Cc1c(O)ccc2cc(-c3ccoc3)ccc12.O=Cc1c(O)ccc2cc(-c3ccsc3)ccc12.O=Cc1c(O)ccc2cc(-c3cncc4ccccc34)ccc12. The normalized spacial score (nSPS) is 10.7. The highest BCUT2D eigenvalue weighted by Crippen LogP contribution is 2.39. The number of furan rings is 1. The molecule has 4 heterocycles. The van der Waals surface area contributed by atoms with Crippen molar-refractivity contribution < 1.29 is 83.6 Å². The van der Waals surface area contributed by atoms with Crippen LogP contribution in [0.15, 0.2) is 325 Å². The Morgan fingerprint density at radius 3 is 1.11 bits per heavy atom. The number of aliphatic hydroxyl groups is 1. The first-order chi connectivity index (χ1) is 59.9. The van der Waals surface area contributed by atoms with E-state index in [9.17, 15) is 64.2 Å². The first-order valence-electron chi connectivity index (χ1n) is 38.1. The quantitative estimate of drug-likeness (QED) is 0.0442. The molecule has 0 aliphatic rings. The number of aliphatic hydroxyl groups excluding tert-OH is 1. The number of ether oxygens (including phenoxy) is 1. The molecule has 602 valence electrons. The number of pyridine rings is 2. The van der Waals surface area contributed by atoms with Crippen LogP contribution in [0.3, 0.4) is 0 Å². The fraction of sp³-hybridized carbons (Fsp3) is 0.0194. The van der Waals surface area contributed by atoms with Crippen molar-refractivity contribution in [2.75, 3.05) is 7.11 Å². The molecular weight excluding hydrogens is 1570 g/mol. The summed E-state index contributed by atoms with van der Waals surface area (Å²) >= 11 is 1.65. The number of methoxy groups -OCH3 is 1. The van der Waals surface area contributed by atoms with Crippen LogP contribution in [0.4, 0.5) is 0 Å². The third-order valence-electron chi connectivity index (χ3n) is 20.8. The summed E-state index contributed by atoms with van der Waals surface area (Å²) in [6.45, 7) is 0.0277. The van der Waals surface area contributed by atoms with Crippen molar-refractivity contribution in [3.8, 4) is 107 Å². The van der Waals surface area contributed by atoms with Gasteiger partial charge < -0.3 is 50.0 Å². The highest BCUT2D eigenvalue weighted by Gasteiger charge is 2.16. The number of phenolic OH excluding ortho intramolecular Hbond substituents is 6. The molecule has 0 spiro atoms.